The lowest BCUT2D eigenvalue weighted by Gasteiger charge is -2.08. The molecule has 0 spiro atoms. The largest absolute Gasteiger partial charge is 0.465 e. The lowest BCUT2D eigenvalue weighted by atomic mass is 10.1. The molecule has 2 heterocycles. The number of aromatic nitrogens is 4. The highest BCUT2D eigenvalue weighted by atomic mass is 16.5. The Hall–Kier alpha value is -3.42. The summed E-state index contributed by atoms with van der Waals surface area (Å²) in [6, 6.07) is 7.90. The summed E-state index contributed by atoms with van der Waals surface area (Å²) in [5.74, 6) is -0.700. The lowest BCUT2D eigenvalue weighted by Crippen LogP contribution is -2.24. The topological polar surface area (TPSA) is 102 Å². The molecule has 1 aromatic carbocycles. The predicted molar refractivity (Wildman–Crippen MR) is 103 cm³/mol. The molecule has 2 aromatic heterocycles. The van der Waals surface area contributed by atoms with E-state index in [0.717, 1.165) is 11.1 Å². The molecule has 0 bridgehead atoms. The van der Waals surface area contributed by atoms with Crippen LogP contribution < -0.4 is 5.32 Å². The van der Waals surface area contributed by atoms with Gasteiger partial charge in [-0.15, -0.1) is 0 Å². The average molecular weight is 381 g/mol. The number of carbonyl (C=O) groups is 2. The zero-order valence-corrected chi connectivity index (χ0v) is 16.2. The van der Waals surface area contributed by atoms with Crippen molar-refractivity contribution >= 4 is 11.9 Å². The number of methoxy groups -OCH3 is 1. The van der Waals surface area contributed by atoms with Crippen molar-refractivity contribution in [3.63, 3.8) is 0 Å². The zero-order valence-electron chi connectivity index (χ0n) is 16.2. The summed E-state index contributed by atoms with van der Waals surface area (Å²) in [6.45, 7) is 4.65. The van der Waals surface area contributed by atoms with E-state index >= 15 is 0 Å². The molecule has 3 rings (SSSR count). The summed E-state index contributed by atoms with van der Waals surface area (Å²) in [4.78, 5) is 31.7. The Balaban J connectivity index is 1.71. The number of nitrogens with zero attached hydrogens (tertiary/aromatic N) is 3. The fourth-order valence-corrected chi connectivity index (χ4v) is 3.14. The molecule has 2 N–H and O–H groups in total. The van der Waals surface area contributed by atoms with Gasteiger partial charge in [0.25, 0.3) is 5.91 Å². The van der Waals surface area contributed by atoms with Crippen LogP contribution >= 0.6 is 0 Å². The Kier molecular flexibility index (Phi) is 5.88. The van der Waals surface area contributed by atoms with Gasteiger partial charge in [-0.05, 0) is 30.0 Å². The van der Waals surface area contributed by atoms with Gasteiger partial charge >= 0.3 is 5.97 Å². The van der Waals surface area contributed by atoms with Crippen LogP contribution in [0.1, 0.15) is 50.2 Å². The number of amides is 1. The van der Waals surface area contributed by atoms with E-state index in [0.29, 0.717) is 42.0 Å². The number of hydrogen-bond donors (Lipinski definition) is 2. The summed E-state index contributed by atoms with van der Waals surface area (Å²) in [5, 5.41) is 7.01. The zero-order chi connectivity index (χ0) is 20.1. The molecule has 0 saturated carbocycles. The molecule has 146 valence electrons. The first-order valence-corrected chi connectivity index (χ1v) is 9.01. The maximum Gasteiger partial charge on any atom is 0.339 e. The van der Waals surface area contributed by atoms with E-state index in [4.69, 9.17) is 4.74 Å². The van der Waals surface area contributed by atoms with Gasteiger partial charge in [0.1, 0.15) is 18.3 Å². The standard InChI is InChI=1S/C20H23N5O3/c1-4-16-17(20(27)28-3)13(2)18(24-16)19(26)22-9-14-6-5-7-15(8-14)10-25-12-21-11-23-25/h5-8,11-12,24H,4,9-10H2,1-3H3,(H,22,26). The van der Waals surface area contributed by atoms with Crippen LogP contribution in [0.2, 0.25) is 0 Å². The molecule has 0 aliphatic rings. The highest BCUT2D eigenvalue weighted by molar-refractivity contribution is 6.00. The Morgan fingerprint density at radius 2 is 2.07 bits per heavy atom. The minimum Gasteiger partial charge on any atom is -0.465 e. The van der Waals surface area contributed by atoms with E-state index < -0.39 is 5.97 Å². The van der Waals surface area contributed by atoms with E-state index in [1.165, 1.54) is 13.4 Å². The Bertz CT molecular complexity index is 976. The fourth-order valence-electron chi connectivity index (χ4n) is 3.14. The third kappa shape index (κ3) is 4.11. The molecule has 1 amide bonds. The number of nitrogens with one attached hydrogen (secondary N) is 2. The van der Waals surface area contributed by atoms with Crippen molar-refractivity contribution in [2.24, 2.45) is 0 Å². The molecule has 0 unspecified atom stereocenters. The normalized spacial score (nSPS) is 10.7. The molecule has 0 saturated heterocycles. The van der Waals surface area contributed by atoms with Gasteiger partial charge in [-0.1, -0.05) is 31.2 Å². The third-order valence-corrected chi connectivity index (χ3v) is 4.55. The number of carbonyl (C=O) groups excluding carboxylic acids is 2. The van der Waals surface area contributed by atoms with Crippen LogP contribution in [0.3, 0.4) is 0 Å². The van der Waals surface area contributed by atoms with Crippen molar-refractivity contribution in [1.82, 2.24) is 25.1 Å². The Morgan fingerprint density at radius 1 is 1.29 bits per heavy atom. The molecule has 0 aliphatic carbocycles. The quantitative estimate of drug-likeness (QED) is 0.611. The number of ether oxygens (including phenoxy) is 1. The highest BCUT2D eigenvalue weighted by Crippen LogP contribution is 2.20. The van der Waals surface area contributed by atoms with E-state index in [2.05, 4.69) is 20.4 Å². The van der Waals surface area contributed by atoms with Crippen molar-refractivity contribution in [3.8, 4) is 0 Å². The molecule has 28 heavy (non-hydrogen) atoms. The molecule has 8 heteroatoms. The van der Waals surface area contributed by atoms with Crippen molar-refractivity contribution in [2.45, 2.75) is 33.4 Å². The molecule has 8 nitrogen and oxygen atoms in total. The average Bonchev–Trinajstić information content (AvgIpc) is 3.33. The van der Waals surface area contributed by atoms with Crippen LogP contribution in [0.4, 0.5) is 0 Å². The third-order valence-electron chi connectivity index (χ3n) is 4.55. The first-order chi connectivity index (χ1) is 13.5. The molecule has 3 aromatic rings. The van der Waals surface area contributed by atoms with Crippen molar-refractivity contribution in [1.29, 1.82) is 0 Å². The number of hydrogen-bond acceptors (Lipinski definition) is 5. The lowest BCUT2D eigenvalue weighted by molar-refractivity contribution is 0.0599. The van der Waals surface area contributed by atoms with Gasteiger partial charge in [0.05, 0.1) is 19.2 Å². The molecular weight excluding hydrogens is 358 g/mol. The fraction of sp³-hybridized carbons (Fsp3) is 0.300. The van der Waals surface area contributed by atoms with Crippen LogP contribution in [-0.4, -0.2) is 38.7 Å². The van der Waals surface area contributed by atoms with E-state index in [1.807, 2.05) is 31.2 Å². The Labute approximate surface area is 162 Å². The van der Waals surface area contributed by atoms with Gasteiger partial charge in [-0.3, -0.25) is 4.79 Å². The summed E-state index contributed by atoms with van der Waals surface area (Å²) in [5.41, 5.74) is 4.15. The van der Waals surface area contributed by atoms with Crippen molar-refractivity contribution in [2.75, 3.05) is 7.11 Å². The van der Waals surface area contributed by atoms with Gasteiger partial charge < -0.3 is 15.0 Å². The van der Waals surface area contributed by atoms with Crippen LogP contribution in [-0.2, 0) is 24.2 Å². The van der Waals surface area contributed by atoms with Crippen LogP contribution in [0.25, 0.3) is 0 Å². The number of H-pyrrole nitrogens is 1. The molecule has 0 fully saturated rings. The van der Waals surface area contributed by atoms with Gasteiger partial charge in [-0.2, -0.15) is 5.10 Å². The molecular formula is C20H23N5O3. The second kappa shape index (κ2) is 8.51. The molecule has 0 aliphatic heterocycles. The minimum absolute atomic E-state index is 0.260. The van der Waals surface area contributed by atoms with E-state index in [-0.39, 0.29) is 5.91 Å². The summed E-state index contributed by atoms with van der Waals surface area (Å²) < 4.78 is 6.57. The number of aromatic amines is 1. The summed E-state index contributed by atoms with van der Waals surface area (Å²) in [7, 11) is 1.33. The van der Waals surface area contributed by atoms with Gasteiger partial charge in [-0.25, -0.2) is 14.5 Å². The SMILES string of the molecule is CCc1[nH]c(C(=O)NCc2cccc(Cn3cncn3)c2)c(C)c1C(=O)OC. The monoisotopic (exact) mass is 381 g/mol. The Morgan fingerprint density at radius 3 is 2.75 bits per heavy atom. The number of rotatable bonds is 7. The van der Waals surface area contributed by atoms with E-state index in [9.17, 15) is 9.59 Å². The minimum atomic E-state index is -0.439. The first-order valence-electron chi connectivity index (χ1n) is 9.01. The first kappa shape index (κ1) is 19.3. The van der Waals surface area contributed by atoms with E-state index in [1.54, 1.807) is 17.9 Å². The van der Waals surface area contributed by atoms with Crippen LogP contribution in [0.15, 0.2) is 36.9 Å². The summed E-state index contributed by atoms with van der Waals surface area (Å²) >= 11 is 0. The molecule has 0 radical (unpaired) electrons. The van der Waals surface area contributed by atoms with Crippen molar-refractivity contribution < 1.29 is 14.3 Å². The maximum absolute atomic E-state index is 12.7. The van der Waals surface area contributed by atoms with Gasteiger partial charge in [0.2, 0.25) is 0 Å². The van der Waals surface area contributed by atoms with Crippen LogP contribution in [0, 0.1) is 6.92 Å². The maximum atomic E-state index is 12.7. The number of aryl methyl sites for hydroxylation is 1. The number of benzene rings is 1. The molecule has 0 atom stereocenters. The highest BCUT2D eigenvalue weighted by Gasteiger charge is 2.23. The van der Waals surface area contributed by atoms with Crippen molar-refractivity contribution in [3.05, 3.63) is 70.6 Å². The second-order valence-electron chi connectivity index (χ2n) is 6.42. The predicted octanol–water partition coefficient (Wildman–Crippen LogP) is 2.24. The van der Waals surface area contributed by atoms with Crippen LogP contribution in [0.5, 0.6) is 0 Å². The second-order valence-corrected chi connectivity index (χ2v) is 6.42. The number of esters is 1. The van der Waals surface area contributed by atoms with Gasteiger partial charge in [0, 0.05) is 12.2 Å². The smallest absolute Gasteiger partial charge is 0.339 e. The summed E-state index contributed by atoms with van der Waals surface area (Å²) in [6.07, 6.45) is 3.76. The van der Waals surface area contributed by atoms with Gasteiger partial charge in [0.15, 0.2) is 0 Å².